The molecule has 2 atom stereocenters. The van der Waals surface area contributed by atoms with E-state index in [4.69, 9.17) is 9.47 Å². The van der Waals surface area contributed by atoms with Gasteiger partial charge in [-0.15, -0.1) is 0 Å². The quantitative estimate of drug-likeness (QED) is 0.479. The molecule has 4 rings (SSSR count). The summed E-state index contributed by atoms with van der Waals surface area (Å²) in [6.07, 6.45) is -0.412. The first-order valence-corrected chi connectivity index (χ1v) is 11.8. The van der Waals surface area contributed by atoms with Crippen LogP contribution >= 0.6 is 0 Å². The zero-order chi connectivity index (χ0) is 25.5. The number of carbonyl (C=O) groups excluding carboxylic acids is 1. The van der Waals surface area contributed by atoms with Gasteiger partial charge in [0, 0.05) is 26.7 Å². The smallest absolute Gasteiger partial charge is 0.410 e. The normalized spacial score (nSPS) is 17.4. The second kappa shape index (κ2) is 11.7. The molecule has 3 aromatic rings. The van der Waals surface area contributed by atoms with Gasteiger partial charge in [-0.05, 0) is 29.7 Å². The number of piperidine rings is 1. The molecule has 0 saturated carbocycles. The number of carboxylic acids is 1. The van der Waals surface area contributed by atoms with E-state index < -0.39 is 24.0 Å². The van der Waals surface area contributed by atoms with Crippen LogP contribution in [0.1, 0.15) is 27.9 Å². The van der Waals surface area contributed by atoms with E-state index in [-0.39, 0.29) is 23.9 Å². The number of carboxylic acid groups (broad SMARTS) is 1. The zero-order valence-electron chi connectivity index (χ0n) is 20.0. The molecule has 0 radical (unpaired) electrons. The van der Waals surface area contributed by atoms with Crippen molar-refractivity contribution < 1.29 is 28.6 Å². The fraction of sp³-hybridized carbons (Fsp3) is 0.286. The summed E-state index contributed by atoms with van der Waals surface area (Å²) in [6.45, 7) is 1.19. The second-order valence-corrected chi connectivity index (χ2v) is 8.67. The minimum atomic E-state index is -1.32. The molecule has 1 saturated heterocycles. The molecule has 0 aliphatic carbocycles. The fourth-order valence-electron chi connectivity index (χ4n) is 4.54. The first-order chi connectivity index (χ1) is 17.5. The summed E-state index contributed by atoms with van der Waals surface area (Å²) in [7, 11) is 1.56. The first kappa shape index (κ1) is 25.2. The van der Waals surface area contributed by atoms with Crippen molar-refractivity contribution in [3.63, 3.8) is 0 Å². The lowest BCUT2D eigenvalue weighted by Crippen LogP contribution is -2.56. The molecule has 1 aliphatic heterocycles. The Balaban J connectivity index is 1.54. The Bertz CT molecular complexity index is 1180. The maximum Gasteiger partial charge on any atom is 0.410 e. The van der Waals surface area contributed by atoms with Crippen molar-refractivity contribution in [3.8, 4) is 0 Å². The van der Waals surface area contributed by atoms with Crippen LogP contribution in [0.4, 0.5) is 14.9 Å². The predicted octanol–water partition coefficient (Wildman–Crippen LogP) is 4.96. The van der Waals surface area contributed by atoms with E-state index in [1.165, 1.54) is 12.1 Å². The summed E-state index contributed by atoms with van der Waals surface area (Å²) in [4.78, 5) is 28.1. The Kier molecular flexibility index (Phi) is 8.17. The van der Waals surface area contributed by atoms with Gasteiger partial charge in [-0.1, -0.05) is 66.7 Å². The number of ether oxygens (including phenoxy) is 2. The number of aromatic carboxylic acids is 1. The molecule has 8 heteroatoms. The van der Waals surface area contributed by atoms with Gasteiger partial charge in [0.25, 0.3) is 0 Å². The van der Waals surface area contributed by atoms with Crippen molar-refractivity contribution in [1.82, 2.24) is 4.90 Å². The third kappa shape index (κ3) is 5.83. The van der Waals surface area contributed by atoms with Crippen LogP contribution in [0.5, 0.6) is 0 Å². The molecule has 36 heavy (non-hydrogen) atoms. The number of hydrogen-bond donors (Lipinski definition) is 1. The Morgan fingerprint density at radius 3 is 2.31 bits per heavy atom. The molecular formula is C28H29FN2O5. The molecule has 0 bridgehead atoms. The number of hydrogen-bond acceptors (Lipinski definition) is 5. The standard InChI is InChI=1S/C28H29FN2O5/c1-35-25-18-30(24-14-8-13-22(26(24)29)27(32)33)16-15-23(25)31(17-20-9-4-2-5-10-20)28(34)36-19-21-11-6-3-7-12-21/h2-14,23,25H,15-19H2,1H3,(H,32,33). The SMILES string of the molecule is COC1CN(c2cccc(C(=O)O)c2F)CCC1N(Cc1ccccc1)C(=O)OCc1ccccc1. The van der Waals surface area contributed by atoms with Crippen LogP contribution < -0.4 is 4.90 Å². The highest BCUT2D eigenvalue weighted by atomic mass is 19.1. The largest absolute Gasteiger partial charge is 0.478 e. The first-order valence-electron chi connectivity index (χ1n) is 11.8. The summed E-state index contributed by atoms with van der Waals surface area (Å²) in [5.41, 5.74) is 1.67. The Morgan fingerprint density at radius 1 is 1.00 bits per heavy atom. The fourth-order valence-corrected chi connectivity index (χ4v) is 4.54. The molecule has 188 valence electrons. The lowest BCUT2D eigenvalue weighted by Gasteiger charge is -2.43. The summed E-state index contributed by atoms with van der Waals surface area (Å²) in [5, 5.41) is 9.29. The molecule has 1 fully saturated rings. The number of rotatable bonds is 8. The van der Waals surface area contributed by atoms with Gasteiger partial charge >= 0.3 is 12.1 Å². The van der Waals surface area contributed by atoms with E-state index in [1.54, 1.807) is 23.0 Å². The van der Waals surface area contributed by atoms with Gasteiger partial charge in [0.05, 0.1) is 23.4 Å². The average molecular weight is 493 g/mol. The summed E-state index contributed by atoms with van der Waals surface area (Å²) in [6, 6.07) is 23.1. The summed E-state index contributed by atoms with van der Waals surface area (Å²) >= 11 is 0. The Morgan fingerprint density at radius 2 is 1.67 bits per heavy atom. The molecule has 2 unspecified atom stereocenters. The van der Waals surface area contributed by atoms with Crippen LogP contribution in [0.3, 0.4) is 0 Å². The topological polar surface area (TPSA) is 79.3 Å². The van der Waals surface area contributed by atoms with Crippen LogP contribution in [0.2, 0.25) is 0 Å². The second-order valence-electron chi connectivity index (χ2n) is 8.67. The molecule has 3 aromatic carbocycles. The Hall–Kier alpha value is -3.91. The van der Waals surface area contributed by atoms with Gasteiger partial charge in [-0.3, -0.25) is 4.90 Å². The minimum Gasteiger partial charge on any atom is -0.478 e. The van der Waals surface area contributed by atoms with Crippen LogP contribution in [-0.2, 0) is 22.6 Å². The van der Waals surface area contributed by atoms with Crippen LogP contribution in [0.25, 0.3) is 0 Å². The molecule has 0 spiro atoms. The monoisotopic (exact) mass is 492 g/mol. The lowest BCUT2D eigenvalue weighted by molar-refractivity contribution is -0.00340. The van der Waals surface area contributed by atoms with Crippen LogP contribution in [0.15, 0.2) is 78.9 Å². The summed E-state index contributed by atoms with van der Waals surface area (Å²) < 4.78 is 26.4. The Labute approximate surface area is 209 Å². The van der Waals surface area contributed by atoms with Gasteiger partial charge in [0.2, 0.25) is 0 Å². The summed E-state index contributed by atoms with van der Waals surface area (Å²) in [5.74, 6) is -2.09. The van der Waals surface area contributed by atoms with Crippen molar-refractivity contribution in [3.05, 3.63) is 101 Å². The minimum absolute atomic E-state index is 0.147. The predicted molar refractivity (Wildman–Crippen MR) is 133 cm³/mol. The highest BCUT2D eigenvalue weighted by Crippen LogP contribution is 2.29. The molecule has 7 nitrogen and oxygen atoms in total. The van der Waals surface area contributed by atoms with E-state index >= 15 is 0 Å². The van der Waals surface area contributed by atoms with Gasteiger partial charge in [0.1, 0.15) is 6.61 Å². The van der Waals surface area contributed by atoms with E-state index in [1.807, 2.05) is 60.7 Å². The molecule has 1 heterocycles. The number of benzene rings is 3. The van der Waals surface area contributed by atoms with Gasteiger partial charge < -0.3 is 19.5 Å². The van der Waals surface area contributed by atoms with Crippen molar-refractivity contribution >= 4 is 17.7 Å². The maximum atomic E-state index is 14.9. The number of anilines is 1. The van der Waals surface area contributed by atoms with Crippen molar-refractivity contribution in [2.75, 3.05) is 25.1 Å². The van der Waals surface area contributed by atoms with E-state index in [0.29, 0.717) is 26.1 Å². The average Bonchev–Trinajstić information content (AvgIpc) is 2.91. The number of amides is 1. The number of nitrogens with zero attached hydrogens (tertiary/aromatic N) is 2. The lowest BCUT2D eigenvalue weighted by atomic mass is 9.98. The van der Waals surface area contributed by atoms with E-state index in [2.05, 4.69) is 0 Å². The van der Waals surface area contributed by atoms with Crippen molar-refractivity contribution in [2.24, 2.45) is 0 Å². The highest BCUT2D eigenvalue weighted by Gasteiger charge is 2.37. The number of methoxy groups -OCH3 is 1. The molecule has 0 aromatic heterocycles. The van der Waals surface area contributed by atoms with Gasteiger partial charge in [0.15, 0.2) is 5.82 Å². The van der Waals surface area contributed by atoms with Crippen LogP contribution in [0, 0.1) is 5.82 Å². The van der Waals surface area contributed by atoms with Crippen LogP contribution in [-0.4, -0.2) is 54.4 Å². The molecule has 1 aliphatic rings. The van der Waals surface area contributed by atoms with Gasteiger partial charge in [-0.25, -0.2) is 14.0 Å². The molecule has 1 amide bonds. The van der Waals surface area contributed by atoms with Gasteiger partial charge in [-0.2, -0.15) is 0 Å². The maximum absolute atomic E-state index is 14.9. The highest BCUT2D eigenvalue weighted by molar-refractivity contribution is 5.89. The molecule has 1 N–H and O–H groups in total. The third-order valence-corrected chi connectivity index (χ3v) is 6.41. The third-order valence-electron chi connectivity index (χ3n) is 6.41. The van der Waals surface area contributed by atoms with E-state index in [9.17, 15) is 19.1 Å². The number of halogens is 1. The van der Waals surface area contributed by atoms with Crippen molar-refractivity contribution in [1.29, 1.82) is 0 Å². The number of carbonyl (C=O) groups is 2. The zero-order valence-corrected chi connectivity index (χ0v) is 20.0. The van der Waals surface area contributed by atoms with Crippen molar-refractivity contribution in [2.45, 2.75) is 31.7 Å². The van der Waals surface area contributed by atoms with E-state index in [0.717, 1.165) is 11.1 Å². The molecular weight excluding hydrogens is 463 g/mol.